The van der Waals surface area contributed by atoms with Crippen LogP contribution in [0.5, 0.6) is 5.75 Å². The first kappa shape index (κ1) is 22.6. The third-order valence-electron chi connectivity index (χ3n) is 6.45. The van der Waals surface area contributed by atoms with Gasteiger partial charge >= 0.3 is 0 Å². The molecule has 0 aliphatic carbocycles. The lowest BCUT2D eigenvalue weighted by atomic mass is 10.1. The molecule has 0 atom stereocenters. The molecule has 0 spiro atoms. The van der Waals surface area contributed by atoms with E-state index < -0.39 is 0 Å². The van der Waals surface area contributed by atoms with Crippen LogP contribution in [0.25, 0.3) is 28.3 Å². The SMILES string of the molecule is COc1ccccc1-c1cc(CSc2nc3nn(-c4ccccc4)c(=O)c-3c3n2CCCCC3)on1. The molecule has 9 heteroatoms. The lowest BCUT2D eigenvalue weighted by molar-refractivity contribution is 0.395. The summed E-state index contributed by atoms with van der Waals surface area (Å²) in [5.74, 6) is 2.54. The van der Waals surface area contributed by atoms with Gasteiger partial charge in [0.05, 0.1) is 18.6 Å². The third kappa shape index (κ3) is 4.09. The largest absolute Gasteiger partial charge is 0.496 e. The minimum absolute atomic E-state index is 0.109. The van der Waals surface area contributed by atoms with Crippen molar-refractivity contribution in [2.45, 2.75) is 43.1 Å². The van der Waals surface area contributed by atoms with Gasteiger partial charge in [-0.2, -0.15) is 4.68 Å². The predicted octanol–water partition coefficient (Wildman–Crippen LogP) is 5.22. The van der Waals surface area contributed by atoms with Gasteiger partial charge in [0, 0.05) is 23.9 Å². The maximum Gasteiger partial charge on any atom is 0.284 e. The normalized spacial score (nSPS) is 13.5. The Kier molecular flexibility index (Phi) is 6.06. The van der Waals surface area contributed by atoms with Gasteiger partial charge in [-0.3, -0.25) is 4.79 Å². The van der Waals surface area contributed by atoms with Gasteiger partial charge in [0.15, 0.2) is 11.0 Å². The van der Waals surface area contributed by atoms with Crippen molar-refractivity contribution in [2.75, 3.05) is 7.11 Å². The van der Waals surface area contributed by atoms with Crippen LogP contribution < -0.4 is 10.3 Å². The first-order valence-corrected chi connectivity index (χ1v) is 13.0. The Balaban J connectivity index is 1.35. The smallest absolute Gasteiger partial charge is 0.284 e. The molecule has 8 nitrogen and oxygen atoms in total. The van der Waals surface area contributed by atoms with Crippen molar-refractivity contribution >= 4 is 11.8 Å². The number of methoxy groups -OCH3 is 1. The predicted molar refractivity (Wildman–Crippen MR) is 138 cm³/mol. The van der Waals surface area contributed by atoms with Crippen LogP contribution in [0.4, 0.5) is 0 Å². The number of aromatic nitrogens is 5. The highest BCUT2D eigenvalue weighted by Crippen LogP contribution is 2.33. The quantitative estimate of drug-likeness (QED) is 0.234. The monoisotopic (exact) mass is 499 g/mol. The highest BCUT2D eigenvalue weighted by atomic mass is 32.2. The second kappa shape index (κ2) is 9.66. The summed E-state index contributed by atoms with van der Waals surface area (Å²) in [5, 5.41) is 9.71. The number of hydrogen-bond acceptors (Lipinski definition) is 7. The molecule has 36 heavy (non-hydrogen) atoms. The van der Waals surface area contributed by atoms with Crippen LogP contribution >= 0.6 is 11.8 Å². The molecule has 0 saturated carbocycles. The zero-order valence-corrected chi connectivity index (χ0v) is 20.7. The van der Waals surface area contributed by atoms with Gasteiger partial charge in [-0.25, -0.2) is 4.98 Å². The Morgan fingerprint density at radius 1 is 1.06 bits per heavy atom. The Labute approximate surface area is 212 Å². The minimum Gasteiger partial charge on any atom is -0.496 e. The summed E-state index contributed by atoms with van der Waals surface area (Å²) < 4.78 is 14.8. The van der Waals surface area contributed by atoms with Crippen molar-refractivity contribution in [3.8, 4) is 34.1 Å². The number of ether oxygens (including phenoxy) is 1. The Morgan fingerprint density at radius 3 is 2.75 bits per heavy atom. The van der Waals surface area contributed by atoms with E-state index in [1.807, 2.05) is 60.7 Å². The molecule has 3 aliphatic rings. The van der Waals surface area contributed by atoms with Crippen LogP contribution in [0.1, 0.15) is 30.7 Å². The van der Waals surface area contributed by atoms with E-state index in [0.717, 1.165) is 71.5 Å². The molecule has 0 saturated heterocycles. The highest BCUT2D eigenvalue weighted by molar-refractivity contribution is 7.98. The van der Waals surface area contributed by atoms with Gasteiger partial charge in [0.1, 0.15) is 22.8 Å². The lowest BCUT2D eigenvalue weighted by Crippen LogP contribution is -2.19. The molecule has 1 aromatic heterocycles. The molecule has 0 bridgehead atoms. The van der Waals surface area contributed by atoms with E-state index in [2.05, 4.69) is 14.8 Å². The molecule has 6 rings (SSSR count). The molecule has 0 fully saturated rings. The molecule has 0 radical (unpaired) electrons. The molecule has 0 unspecified atom stereocenters. The molecular formula is C27H25N5O3S. The van der Waals surface area contributed by atoms with E-state index >= 15 is 0 Å². The number of hydrogen-bond donors (Lipinski definition) is 0. The van der Waals surface area contributed by atoms with Gasteiger partial charge in [0.25, 0.3) is 5.56 Å². The van der Waals surface area contributed by atoms with Gasteiger partial charge in [-0.15, -0.1) is 5.10 Å². The van der Waals surface area contributed by atoms with Crippen LogP contribution in [-0.2, 0) is 18.7 Å². The second-order valence-corrected chi connectivity index (χ2v) is 9.66. The van der Waals surface area contributed by atoms with E-state index in [9.17, 15) is 4.79 Å². The summed E-state index contributed by atoms with van der Waals surface area (Å²) in [7, 11) is 1.65. The van der Waals surface area contributed by atoms with Gasteiger partial charge in [0.2, 0.25) is 0 Å². The molecule has 0 amide bonds. The van der Waals surface area contributed by atoms with Crippen LogP contribution in [0, 0.1) is 0 Å². The van der Waals surface area contributed by atoms with Crippen LogP contribution in [-0.4, -0.2) is 31.6 Å². The van der Waals surface area contributed by atoms with E-state index in [4.69, 9.17) is 14.2 Å². The van der Waals surface area contributed by atoms with E-state index in [1.54, 1.807) is 18.9 Å². The van der Waals surface area contributed by atoms with E-state index in [0.29, 0.717) is 17.1 Å². The molecule has 4 heterocycles. The summed E-state index contributed by atoms with van der Waals surface area (Å²) in [5.41, 5.74) is 3.91. The average Bonchev–Trinajstić information content (AvgIpc) is 3.43. The molecule has 182 valence electrons. The van der Waals surface area contributed by atoms with Crippen molar-refractivity contribution in [1.29, 1.82) is 0 Å². The van der Waals surface area contributed by atoms with Gasteiger partial charge < -0.3 is 13.8 Å². The molecule has 3 aliphatic heterocycles. The second-order valence-electron chi connectivity index (χ2n) is 8.72. The summed E-state index contributed by atoms with van der Waals surface area (Å²) in [4.78, 5) is 18.3. The van der Waals surface area contributed by atoms with Gasteiger partial charge in [-0.1, -0.05) is 53.7 Å². The first-order chi connectivity index (χ1) is 17.7. The van der Waals surface area contributed by atoms with Crippen LogP contribution in [0.2, 0.25) is 0 Å². The van der Waals surface area contributed by atoms with Crippen LogP contribution in [0.3, 0.4) is 0 Å². The summed E-state index contributed by atoms with van der Waals surface area (Å²) in [6, 6.07) is 19.2. The number of rotatable bonds is 6. The number of para-hydroxylation sites is 2. The fourth-order valence-electron chi connectivity index (χ4n) is 4.71. The molecular weight excluding hydrogens is 474 g/mol. The molecule has 0 N–H and O–H groups in total. The topological polar surface area (TPSA) is 88.0 Å². The number of thioether (sulfide) groups is 1. The molecule has 3 aromatic rings. The molecule has 2 aromatic carbocycles. The van der Waals surface area contributed by atoms with Crippen molar-refractivity contribution < 1.29 is 9.26 Å². The third-order valence-corrected chi connectivity index (χ3v) is 7.45. The lowest BCUT2D eigenvalue weighted by Gasteiger charge is -2.17. The summed E-state index contributed by atoms with van der Waals surface area (Å²) in [6.07, 6.45) is 4.06. The number of nitrogens with zero attached hydrogens (tertiary/aromatic N) is 5. The van der Waals surface area contributed by atoms with E-state index in [1.165, 1.54) is 4.68 Å². The van der Waals surface area contributed by atoms with Gasteiger partial charge in [-0.05, 0) is 43.5 Å². The Bertz CT molecular complexity index is 1540. The standard InChI is InChI=1S/C27H25N5O3S/c1-34-23-14-8-7-12-20(23)21-16-19(35-30-21)17-36-27-28-25-24(22-13-6-3-9-15-31(22)27)26(33)32(29-25)18-10-4-2-5-11-18/h2,4-5,7-8,10-12,14,16H,3,6,9,13,15,17H2,1H3. The number of fused-ring (bicyclic) bond motifs is 3. The average molecular weight is 500 g/mol. The fourth-order valence-corrected chi connectivity index (χ4v) is 5.62. The zero-order valence-electron chi connectivity index (χ0n) is 19.9. The minimum atomic E-state index is -0.109. The van der Waals surface area contributed by atoms with Crippen molar-refractivity contribution in [1.82, 2.24) is 24.5 Å². The Morgan fingerprint density at radius 2 is 1.89 bits per heavy atom. The summed E-state index contributed by atoms with van der Waals surface area (Å²) in [6.45, 7) is 0.833. The zero-order chi connectivity index (χ0) is 24.5. The van der Waals surface area contributed by atoms with Crippen molar-refractivity contribution in [3.05, 3.63) is 82.5 Å². The van der Waals surface area contributed by atoms with Crippen molar-refractivity contribution in [3.63, 3.8) is 0 Å². The Hall–Kier alpha value is -3.85. The van der Waals surface area contributed by atoms with Crippen molar-refractivity contribution in [2.24, 2.45) is 0 Å². The highest BCUT2D eigenvalue weighted by Gasteiger charge is 2.27. The van der Waals surface area contributed by atoms with Crippen LogP contribution in [0.15, 0.2) is 75.1 Å². The first-order valence-electron chi connectivity index (χ1n) is 12.0. The maximum atomic E-state index is 13.4. The number of benzene rings is 2. The maximum absolute atomic E-state index is 13.4. The fraction of sp³-hybridized carbons (Fsp3) is 0.259. The summed E-state index contributed by atoms with van der Waals surface area (Å²) >= 11 is 1.58. The van der Waals surface area contributed by atoms with E-state index in [-0.39, 0.29) is 5.56 Å².